The molecule has 3 heteroatoms. The number of rotatable bonds is 4. The van der Waals surface area contributed by atoms with Gasteiger partial charge < -0.3 is 10.5 Å². The van der Waals surface area contributed by atoms with Gasteiger partial charge in [-0.25, -0.2) is 0 Å². The summed E-state index contributed by atoms with van der Waals surface area (Å²) in [6.45, 7) is 4.82. The number of hydrogen-bond donors (Lipinski definition) is 1. The Morgan fingerprint density at radius 1 is 1.18 bits per heavy atom. The van der Waals surface area contributed by atoms with Crippen LogP contribution in [-0.2, 0) is 6.42 Å². The Morgan fingerprint density at radius 2 is 1.88 bits per heavy atom. The summed E-state index contributed by atoms with van der Waals surface area (Å²) in [5.41, 5.74) is 8.32. The number of ether oxygens (including phenoxy) is 1. The highest BCUT2D eigenvalue weighted by Crippen LogP contribution is 2.34. The lowest BCUT2D eigenvalue weighted by atomic mass is 10.1. The van der Waals surface area contributed by atoms with Crippen molar-refractivity contribution in [2.75, 3.05) is 12.3 Å². The average molecular weight is 247 g/mol. The first-order valence-electron chi connectivity index (χ1n) is 5.86. The molecule has 0 fully saturated rings. The summed E-state index contributed by atoms with van der Waals surface area (Å²) >= 11 is 1.67. The molecule has 2 rings (SSSR count). The monoisotopic (exact) mass is 247 g/mol. The second-order valence-electron chi connectivity index (χ2n) is 3.80. The van der Waals surface area contributed by atoms with E-state index in [0.717, 1.165) is 28.3 Å². The van der Waals surface area contributed by atoms with Crippen molar-refractivity contribution in [3.05, 3.63) is 35.2 Å². The van der Waals surface area contributed by atoms with Gasteiger partial charge >= 0.3 is 0 Å². The van der Waals surface area contributed by atoms with Crippen LogP contribution in [0.1, 0.15) is 18.7 Å². The minimum atomic E-state index is 0.694. The van der Waals surface area contributed by atoms with Gasteiger partial charge in [-0.2, -0.15) is 0 Å². The van der Waals surface area contributed by atoms with Gasteiger partial charge in [0.15, 0.2) is 0 Å². The predicted octanol–water partition coefficient (Wildman–Crippen LogP) is 3.96. The van der Waals surface area contributed by atoms with Gasteiger partial charge in [-0.3, -0.25) is 0 Å². The third kappa shape index (κ3) is 2.61. The molecule has 17 heavy (non-hydrogen) atoms. The van der Waals surface area contributed by atoms with E-state index in [0.29, 0.717) is 6.61 Å². The number of aryl methyl sites for hydroxylation is 1. The number of hydrogen-bond acceptors (Lipinski definition) is 3. The zero-order valence-electron chi connectivity index (χ0n) is 10.2. The average Bonchev–Trinajstić information content (AvgIpc) is 2.72. The summed E-state index contributed by atoms with van der Waals surface area (Å²) in [5, 5.41) is 0.894. The van der Waals surface area contributed by atoms with E-state index < -0.39 is 0 Å². The molecule has 0 radical (unpaired) electrons. The van der Waals surface area contributed by atoms with E-state index in [9.17, 15) is 0 Å². The lowest BCUT2D eigenvalue weighted by molar-refractivity contribution is 0.340. The molecule has 0 atom stereocenters. The fourth-order valence-electron chi connectivity index (χ4n) is 1.76. The Kier molecular flexibility index (Phi) is 3.69. The fraction of sp³-hybridized carbons (Fsp3) is 0.286. The molecular weight excluding hydrogens is 230 g/mol. The lowest BCUT2D eigenvalue weighted by Crippen LogP contribution is -1.90. The smallest absolute Gasteiger partial charge is 0.119 e. The van der Waals surface area contributed by atoms with Crippen molar-refractivity contribution in [3.63, 3.8) is 0 Å². The molecule has 0 bridgehead atoms. The number of thiophene rings is 1. The van der Waals surface area contributed by atoms with Gasteiger partial charge in [-0.1, -0.05) is 19.1 Å². The van der Waals surface area contributed by atoms with E-state index in [-0.39, 0.29) is 0 Å². The van der Waals surface area contributed by atoms with Crippen LogP contribution in [0.15, 0.2) is 30.3 Å². The van der Waals surface area contributed by atoms with Gasteiger partial charge in [0.05, 0.1) is 11.6 Å². The SMILES string of the molecule is CCOc1ccc(-c2cc(CC)sc2N)cc1. The van der Waals surface area contributed by atoms with E-state index in [2.05, 4.69) is 25.1 Å². The van der Waals surface area contributed by atoms with Crippen molar-refractivity contribution >= 4 is 16.3 Å². The largest absolute Gasteiger partial charge is 0.494 e. The highest BCUT2D eigenvalue weighted by molar-refractivity contribution is 7.16. The molecule has 0 amide bonds. The van der Waals surface area contributed by atoms with Crippen LogP contribution in [-0.4, -0.2) is 6.61 Å². The number of nitrogens with two attached hydrogens (primary N) is 1. The van der Waals surface area contributed by atoms with Crippen LogP contribution in [0, 0.1) is 0 Å². The minimum Gasteiger partial charge on any atom is -0.494 e. The quantitative estimate of drug-likeness (QED) is 0.887. The van der Waals surface area contributed by atoms with Gasteiger partial charge in [-0.05, 0) is 37.1 Å². The van der Waals surface area contributed by atoms with Gasteiger partial charge in [-0.15, -0.1) is 11.3 Å². The van der Waals surface area contributed by atoms with Gasteiger partial charge in [0.25, 0.3) is 0 Å². The Hall–Kier alpha value is -1.48. The van der Waals surface area contributed by atoms with E-state index in [1.807, 2.05) is 19.1 Å². The normalized spacial score (nSPS) is 10.5. The third-order valence-electron chi connectivity index (χ3n) is 2.64. The predicted molar refractivity (Wildman–Crippen MR) is 74.7 cm³/mol. The Morgan fingerprint density at radius 3 is 2.41 bits per heavy atom. The van der Waals surface area contributed by atoms with Crippen LogP contribution in [0.4, 0.5) is 5.00 Å². The molecule has 0 unspecified atom stereocenters. The second kappa shape index (κ2) is 5.23. The first-order valence-corrected chi connectivity index (χ1v) is 6.67. The molecule has 2 nitrogen and oxygen atoms in total. The zero-order valence-corrected chi connectivity index (χ0v) is 11.0. The molecule has 0 aliphatic heterocycles. The lowest BCUT2D eigenvalue weighted by Gasteiger charge is -2.04. The summed E-state index contributed by atoms with van der Waals surface area (Å²) in [7, 11) is 0. The molecule has 1 aromatic heterocycles. The zero-order chi connectivity index (χ0) is 12.3. The maximum Gasteiger partial charge on any atom is 0.119 e. The maximum atomic E-state index is 6.03. The van der Waals surface area contributed by atoms with Crippen molar-refractivity contribution in [1.82, 2.24) is 0 Å². The molecule has 0 aliphatic carbocycles. The minimum absolute atomic E-state index is 0.694. The third-order valence-corrected chi connectivity index (χ3v) is 3.75. The molecule has 1 heterocycles. The second-order valence-corrected chi connectivity index (χ2v) is 4.97. The number of benzene rings is 1. The van der Waals surface area contributed by atoms with E-state index >= 15 is 0 Å². The molecule has 90 valence electrons. The van der Waals surface area contributed by atoms with Crippen molar-refractivity contribution in [2.24, 2.45) is 0 Å². The standard InChI is InChI=1S/C14H17NOS/c1-3-12-9-13(14(15)17-12)10-5-7-11(8-6-10)16-4-2/h5-9H,3-4,15H2,1-2H3. The summed E-state index contributed by atoms with van der Waals surface area (Å²) < 4.78 is 5.42. The molecule has 0 spiro atoms. The Bertz CT molecular complexity index is 487. The van der Waals surface area contributed by atoms with Crippen LogP contribution in [0.2, 0.25) is 0 Å². The van der Waals surface area contributed by atoms with Crippen LogP contribution < -0.4 is 10.5 Å². The Labute approximate surface area is 106 Å². The Balaban J connectivity index is 2.29. The van der Waals surface area contributed by atoms with Crippen molar-refractivity contribution < 1.29 is 4.74 Å². The van der Waals surface area contributed by atoms with Crippen LogP contribution in [0.25, 0.3) is 11.1 Å². The van der Waals surface area contributed by atoms with Crippen LogP contribution in [0.3, 0.4) is 0 Å². The first kappa shape index (κ1) is 12.0. The molecule has 0 saturated carbocycles. The van der Waals surface area contributed by atoms with E-state index in [1.54, 1.807) is 11.3 Å². The van der Waals surface area contributed by atoms with Crippen molar-refractivity contribution in [1.29, 1.82) is 0 Å². The summed E-state index contributed by atoms with van der Waals surface area (Å²) in [5.74, 6) is 0.903. The molecule has 1 aromatic carbocycles. The summed E-state index contributed by atoms with van der Waals surface area (Å²) in [6, 6.07) is 10.3. The van der Waals surface area contributed by atoms with Gasteiger partial charge in [0.2, 0.25) is 0 Å². The van der Waals surface area contributed by atoms with Crippen molar-refractivity contribution in [2.45, 2.75) is 20.3 Å². The molecule has 2 N–H and O–H groups in total. The van der Waals surface area contributed by atoms with Crippen molar-refractivity contribution in [3.8, 4) is 16.9 Å². The number of anilines is 1. The molecule has 2 aromatic rings. The molecular formula is C14H17NOS. The fourth-order valence-corrected chi connectivity index (χ4v) is 2.65. The maximum absolute atomic E-state index is 6.03. The van der Waals surface area contributed by atoms with E-state index in [1.165, 1.54) is 4.88 Å². The van der Waals surface area contributed by atoms with Crippen LogP contribution in [0.5, 0.6) is 5.75 Å². The van der Waals surface area contributed by atoms with Gasteiger partial charge in [0, 0.05) is 10.4 Å². The highest BCUT2D eigenvalue weighted by Gasteiger charge is 2.07. The number of nitrogen functional groups attached to an aromatic ring is 1. The summed E-state index contributed by atoms with van der Waals surface area (Å²) in [4.78, 5) is 1.33. The van der Waals surface area contributed by atoms with E-state index in [4.69, 9.17) is 10.5 Å². The highest BCUT2D eigenvalue weighted by atomic mass is 32.1. The van der Waals surface area contributed by atoms with Crippen LogP contribution >= 0.6 is 11.3 Å². The molecule has 0 saturated heterocycles. The topological polar surface area (TPSA) is 35.2 Å². The molecule has 0 aliphatic rings. The summed E-state index contributed by atoms with van der Waals surface area (Å²) in [6.07, 6.45) is 1.03. The van der Waals surface area contributed by atoms with Gasteiger partial charge in [0.1, 0.15) is 5.75 Å². The first-order chi connectivity index (χ1) is 8.24.